The second-order valence-corrected chi connectivity index (χ2v) is 8.12. The molecule has 2 aliphatic rings. The molecule has 1 amide bonds. The van der Waals surface area contributed by atoms with Crippen LogP contribution in [0.5, 0.6) is 0 Å². The van der Waals surface area contributed by atoms with Crippen molar-refractivity contribution in [2.45, 2.75) is 72.4 Å². The maximum Gasteiger partial charge on any atom is 0.422 e. The van der Waals surface area contributed by atoms with E-state index in [1.807, 2.05) is 20.8 Å². The Balaban J connectivity index is 1.94. The molecule has 0 spiro atoms. The van der Waals surface area contributed by atoms with Gasteiger partial charge in [-0.05, 0) is 56.8 Å². The molecule has 0 heterocycles. The molecule has 0 radical (unpaired) electrons. The zero-order chi connectivity index (χ0) is 14.5. The van der Waals surface area contributed by atoms with Gasteiger partial charge in [0.1, 0.15) is 5.60 Å². The molecule has 0 saturated heterocycles. The lowest BCUT2D eigenvalue weighted by Crippen LogP contribution is -2.57. The number of ether oxygens (including phenoxy) is 1. The second kappa shape index (κ2) is 4.37. The van der Waals surface area contributed by atoms with Gasteiger partial charge in [-0.25, -0.2) is 10.2 Å². The highest BCUT2D eigenvalue weighted by atomic mass is 16.6. The molecule has 2 bridgehead atoms. The van der Waals surface area contributed by atoms with Crippen LogP contribution in [-0.4, -0.2) is 17.7 Å². The predicted molar refractivity (Wildman–Crippen MR) is 75.5 cm³/mol. The van der Waals surface area contributed by atoms with Crippen molar-refractivity contribution < 1.29 is 9.53 Å². The molecule has 2 fully saturated rings. The van der Waals surface area contributed by atoms with Crippen molar-refractivity contribution in [1.82, 2.24) is 10.9 Å². The van der Waals surface area contributed by atoms with Gasteiger partial charge in [-0.1, -0.05) is 20.8 Å². The van der Waals surface area contributed by atoms with E-state index in [-0.39, 0.29) is 5.41 Å². The number of hydrogen-bond acceptors (Lipinski definition) is 3. The van der Waals surface area contributed by atoms with E-state index in [2.05, 4.69) is 31.6 Å². The Labute approximate surface area is 116 Å². The molecule has 0 aromatic heterocycles. The first-order valence-corrected chi connectivity index (χ1v) is 7.29. The fourth-order valence-corrected chi connectivity index (χ4v) is 4.10. The van der Waals surface area contributed by atoms with E-state index < -0.39 is 11.7 Å². The Morgan fingerprint density at radius 3 is 2.37 bits per heavy atom. The summed E-state index contributed by atoms with van der Waals surface area (Å²) in [6.07, 6.45) is 3.42. The first kappa shape index (κ1) is 14.6. The molecule has 2 rings (SSSR count). The van der Waals surface area contributed by atoms with Gasteiger partial charge in [0.05, 0.1) is 0 Å². The standard InChI is InChI=1S/C15H28N2O2/c1-13(2,3)19-12(18)17-16-11-14(4,5)10-7-8-15(11,6)9-10/h10-11,16H,7-9H2,1-6H3,(H,17,18)/t10-,11?,15+/m0/s1. The topological polar surface area (TPSA) is 50.4 Å². The monoisotopic (exact) mass is 268 g/mol. The summed E-state index contributed by atoms with van der Waals surface area (Å²) in [6.45, 7) is 12.5. The Bertz CT molecular complexity index is 368. The third-order valence-electron chi connectivity index (χ3n) is 4.99. The number of carbonyl (C=O) groups is 1. The van der Waals surface area contributed by atoms with E-state index in [0.29, 0.717) is 11.5 Å². The normalized spacial score (nSPS) is 36.3. The third-order valence-corrected chi connectivity index (χ3v) is 4.99. The molecular formula is C15H28N2O2. The molecule has 110 valence electrons. The molecule has 4 nitrogen and oxygen atoms in total. The Kier molecular flexibility index (Phi) is 3.37. The van der Waals surface area contributed by atoms with Gasteiger partial charge in [0.2, 0.25) is 0 Å². The lowest BCUT2D eigenvalue weighted by atomic mass is 9.69. The van der Waals surface area contributed by atoms with Crippen molar-refractivity contribution in [3.05, 3.63) is 0 Å². The van der Waals surface area contributed by atoms with Crippen LogP contribution in [0.2, 0.25) is 0 Å². The fraction of sp³-hybridized carbons (Fsp3) is 0.933. The predicted octanol–water partition coefficient (Wildman–Crippen LogP) is 3.23. The van der Waals surface area contributed by atoms with Crippen molar-refractivity contribution in [3.63, 3.8) is 0 Å². The number of rotatable bonds is 2. The summed E-state index contributed by atoms with van der Waals surface area (Å²) in [5.41, 5.74) is 6.04. The average Bonchev–Trinajstić information content (AvgIpc) is 2.65. The Hall–Kier alpha value is -0.770. The summed E-state index contributed by atoms with van der Waals surface area (Å²) in [5.74, 6) is 0.760. The average molecular weight is 268 g/mol. The smallest absolute Gasteiger partial charge is 0.422 e. The van der Waals surface area contributed by atoms with Gasteiger partial charge in [-0.15, -0.1) is 0 Å². The maximum atomic E-state index is 11.7. The van der Waals surface area contributed by atoms with Crippen molar-refractivity contribution >= 4 is 6.09 Å². The van der Waals surface area contributed by atoms with Gasteiger partial charge in [-0.3, -0.25) is 5.43 Å². The molecule has 19 heavy (non-hydrogen) atoms. The van der Waals surface area contributed by atoms with Crippen LogP contribution in [0, 0.1) is 16.7 Å². The zero-order valence-corrected chi connectivity index (χ0v) is 13.1. The van der Waals surface area contributed by atoms with Crippen LogP contribution in [0.4, 0.5) is 4.79 Å². The molecular weight excluding hydrogens is 240 g/mol. The molecule has 4 heteroatoms. The lowest BCUT2D eigenvalue weighted by Gasteiger charge is -2.43. The van der Waals surface area contributed by atoms with Gasteiger partial charge in [0, 0.05) is 6.04 Å². The highest BCUT2D eigenvalue weighted by Crippen LogP contribution is 2.62. The van der Waals surface area contributed by atoms with Crippen molar-refractivity contribution in [2.75, 3.05) is 0 Å². The van der Waals surface area contributed by atoms with E-state index in [0.717, 1.165) is 5.92 Å². The molecule has 1 unspecified atom stereocenters. The van der Waals surface area contributed by atoms with Crippen molar-refractivity contribution in [1.29, 1.82) is 0 Å². The van der Waals surface area contributed by atoms with Gasteiger partial charge >= 0.3 is 6.09 Å². The minimum absolute atomic E-state index is 0.224. The number of hydrogen-bond donors (Lipinski definition) is 2. The van der Waals surface area contributed by atoms with Crippen LogP contribution < -0.4 is 10.9 Å². The number of amides is 1. The van der Waals surface area contributed by atoms with Crippen molar-refractivity contribution in [3.8, 4) is 0 Å². The quantitative estimate of drug-likeness (QED) is 0.756. The van der Waals surface area contributed by atoms with Crippen LogP contribution in [-0.2, 0) is 4.74 Å². The minimum Gasteiger partial charge on any atom is -0.443 e. The zero-order valence-electron chi connectivity index (χ0n) is 13.1. The first-order valence-electron chi connectivity index (χ1n) is 7.29. The molecule has 3 atom stereocenters. The number of carbonyl (C=O) groups excluding carboxylic acids is 1. The van der Waals surface area contributed by atoms with Gasteiger partial charge in [0.25, 0.3) is 0 Å². The fourth-order valence-electron chi connectivity index (χ4n) is 4.10. The van der Waals surface area contributed by atoms with E-state index in [1.54, 1.807) is 0 Å². The van der Waals surface area contributed by atoms with E-state index in [1.165, 1.54) is 19.3 Å². The molecule has 0 aliphatic heterocycles. The number of hydrazine groups is 1. The van der Waals surface area contributed by atoms with Crippen molar-refractivity contribution in [2.24, 2.45) is 16.7 Å². The van der Waals surface area contributed by atoms with E-state index in [4.69, 9.17) is 4.74 Å². The Morgan fingerprint density at radius 2 is 1.89 bits per heavy atom. The molecule has 0 aromatic rings. The van der Waals surface area contributed by atoms with Gasteiger partial charge in [0.15, 0.2) is 0 Å². The molecule has 0 aromatic carbocycles. The summed E-state index contributed by atoms with van der Waals surface area (Å²) < 4.78 is 5.27. The maximum absolute atomic E-state index is 11.7. The summed E-state index contributed by atoms with van der Waals surface area (Å²) >= 11 is 0. The largest absolute Gasteiger partial charge is 0.443 e. The lowest BCUT2D eigenvalue weighted by molar-refractivity contribution is 0.0394. The van der Waals surface area contributed by atoms with E-state index >= 15 is 0 Å². The Morgan fingerprint density at radius 1 is 1.26 bits per heavy atom. The summed E-state index contributed by atoms with van der Waals surface area (Å²) in [7, 11) is 0. The van der Waals surface area contributed by atoms with Crippen LogP contribution in [0.15, 0.2) is 0 Å². The second-order valence-electron chi connectivity index (χ2n) is 8.12. The minimum atomic E-state index is -0.458. The highest BCUT2D eigenvalue weighted by molar-refractivity contribution is 5.67. The van der Waals surface area contributed by atoms with Crippen LogP contribution >= 0.6 is 0 Å². The molecule has 2 aliphatic carbocycles. The van der Waals surface area contributed by atoms with Crippen LogP contribution in [0.25, 0.3) is 0 Å². The highest BCUT2D eigenvalue weighted by Gasteiger charge is 2.59. The first-order chi connectivity index (χ1) is 8.55. The molecule has 2 saturated carbocycles. The summed E-state index contributed by atoms with van der Waals surface area (Å²) in [6, 6.07) is 0.311. The summed E-state index contributed by atoms with van der Waals surface area (Å²) in [5, 5.41) is 0. The van der Waals surface area contributed by atoms with Gasteiger partial charge in [-0.2, -0.15) is 0 Å². The van der Waals surface area contributed by atoms with E-state index in [9.17, 15) is 4.79 Å². The number of nitrogens with one attached hydrogen (secondary N) is 2. The number of fused-ring (bicyclic) bond motifs is 2. The van der Waals surface area contributed by atoms with Crippen LogP contribution in [0.3, 0.4) is 0 Å². The molecule has 2 N–H and O–H groups in total. The van der Waals surface area contributed by atoms with Gasteiger partial charge < -0.3 is 4.74 Å². The summed E-state index contributed by atoms with van der Waals surface area (Å²) in [4.78, 5) is 11.7. The SMILES string of the molecule is CC(C)(C)OC(=O)NNC1C(C)(C)[C@H]2CC[C@]1(C)C2. The third kappa shape index (κ3) is 2.73. The van der Waals surface area contributed by atoms with Crippen LogP contribution in [0.1, 0.15) is 60.8 Å².